The fourth-order valence-electron chi connectivity index (χ4n) is 3.21. The molecule has 21 heavy (non-hydrogen) atoms. The Labute approximate surface area is 128 Å². The molecule has 0 aromatic carbocycles. The zero-order valence-corrected chi connectivity index (χ0v) is 14.1. The third-order valence-corrected chi connectivity index (χ3v) is 6.35. The van der Waals surface area contributed by atoms with Crippen LogP contribution in [0.2, 0.25) is 0 Å². The molecule has 2 heterocycles. The van der Waals surface area contributed by atoms with Crippen LogP contribution in [-0.4, -0.2) is 79.5 Å². The molecule has 0 bridgehead atoms. The maximum absolute atomic E-state index is 12.7. The lowest BCUT2D eigenvalue weighted by Gasteiger charge is -2.39. The van der Waals surface area contributed by atoms with E-state index in [0.717, 1.165) is 32.5 Å². The van der Waals surface area contributed by atoms with Gasteiger partial charge in [0.25, 0.3) is 10.2 Å². The van der Waals surface area contributed by atoms with Gasteiger partial charge in [0.05, 0.1) is 0 Å². The van der Waals surface area contributed by atoms with Gasteiger partial charge in [-0.3, -0.25) is 0 Å². The summed E-state index contributed by atoms with van der Waals surface area (Å²) in [4.78, 5) is 2.34. The summed E-state index contributed by atoms with van der Waals surface area (Å²) in [6.45, 7) is 9.32. The van der Waals surface area contributed by atoms with Crippen molar-refractivity contribution in [2.24, 2.45) is 11.8 Å². The zero-order valence-electron chi connectivity index (χ0n) is 13.2. The predicted octanol–water partition coefficient (Wildman–Crippen LogP) is 0.209. The molecule has 0 radical (unpaired) electrons. The Kier molecular flexibility index (Phi) is 6.02. The maximum Gasteiger partial charge on any atom is 0.282 e. The van der Waals surface area contributed by atoms with Crippen molar-refractivity contribution in [3.05, 3.63) is 0 Å². The quantitative estimate of drug-likeness (QED) is 0.787. The van der Waals surface area contributed by atoms with Crippen molar-refractivity contribution >= 4 is 10.2 Å². The van der Waals surface area contributed by atoms with Gasteiger partial charge in [0.1, 0.15) is 0 Å². The van der Waals surface area contributed by atoms with Gasteiger partial charge in [0.15, 0.2) is 0 Å². The summed E-state index contributed by atoms with van der Waals surface area (Å²) in [5.74, 6) is 0.705. The largest absolute Gasteiger partial charge is 0.396 e. The van der Waals surface area contributed by atoms with Gasteiger partial charge >= 0.3 is 0 Å². The van der Waals surface area contributed by atoms with Gasteiger partial charge in [-0.2, -0.15) is 17.0 Å². The molecular formula is C14H29N3O3S. The summed E-state index contributed by atoms with van der Waals surface area (Å²) in [7, 11) is -3.35. The van der Waals surface area contributed by atoms with E-state index in [4.69, 9.17) is 0 Å². The lowest BCUT2D eigenvalue weighted by atomic mass is 10.0. The summed E-state index contributed by atoms with van der Waals surface area (Å²) in [6, 6.07) is 0. The van der Waals surface area contributed by atoms with Crippen molar-refractivity contribution in [2.45, 2.75) is 26.7 Å². The Bertz CT molecular complexity index is 419. The van der Waals surface area contributed by atoms with Gasteiger partial charge in [-0.25, -0.2) is 0 Å². The van der Waals surface area contributed by atoms with E-state index >= 15 is 0 Å². The van der Waals surface area contributed by atoms with Crippen molar-refractivity contribution in [3.8, 4) is 0 Å². The third-order valence-electron chi connectivity index (χ3n) is 4.35. The highest BCUT2D eigenvalue weighted by Gasteiger charge is 2.35. The van der Waals surface area contributed by atoms with E-state index in [1.54, 1.807) is 8.61 Å². The Balaban J connectivity index is 1.92. The Morgan fingerprint density at radius 3 is 2.33 bits per heavy atom. The van der Waals surface area contributed by atoms with E-state index < -0.39 is 10.2 Å². The standard InChI is InChI=1S/C14H29N3O3S/c1-13(2)10-15-6-8-16(9-7-15)21(19,20)17-5-3-4-14(11-17)12-18/h13-14,18H,3-12H2,1-2H3. The first-order valence-electron chi connectivity index (χ1n) is 8.02. The fourth-order valence-corrected chi connectivity index (χ4v) is 4.92. The van der Waals surface area contributed by atoms with Gasteiger partial charge in [-0.05, 0) is 24.7 Å². The minimum Gasteiger partial charge on any atom is -0.396 e. The van der Waals surface area contributed by atoms with Gasteiger partial charge in [0, 0.05) is 52.4 Å². The molecule has 1 atom stereocenters. The summed E-state index contributed by atoms with van der Waals surface area (Å²) in [5.41, 5.74) is 0. The molecule has 6 nitrogen and oxygen atoms in total. The van der Waals surface area contributed by atoms with Gasteiger partial charge < -0.3 is 10.0 Å². The molecule has 0 aliphatic carbocycles. The highest BCUT2D eigenvalue weighted by molar-refractivity contribution is 7.86. The molecule has 7 heteroatoms. The van der Waals surface area contributed by atoms with Crippen molar-refractivity contribution in [2.75, 3.05) is 52.4 Å². The van der Waals surface area contributed by atoms with Crippen LogP contribution in [-0.2, 0) is 10.2 Å². The molecule has 0 aromatic heterocycles. The Hall–Kier alpha value is -0.210. The van der Waals surface area contributed by atoms with Gasteiger partial charge in [-0.1, -0.05) is 13.8 Å². The highest BCUT2D eigenvalue weighted by Crippen LogP contribution is 2.21. The topological polar surface area (TPSA) is 64.1 Å². The molecule has 2 fully saturated rings. The second-order valence-corrected chi connectivity index (χ2v) is 8.58. The van der Waals surface area contributed by atoms with Crippen molar-refractivity contribution in [1.29, 1.82) is 0 Å². The monoisotopic (exact) mass is 319 g/mol. The Morgan fingerprint density at radius 2 is 1.76 bits per heavy atom. The SMILES string of the molecule is CC(C)CN1CCN(S(=O)(=O)N2CCCC(CO)C2)CC1. The van der Waals surface area contributed by atoms with Crippen molar-refractivity contribution in [1.82, 2.24) is 13.5 Å². The first-order valence-corrected chi connectivity index (χ1v) is 9.41. The second-order valence-electron chi connectivity index (χ2n) is 6.65. The highest BCUT2D eigenvalue weighted by atomic mass is 32.2. The van der Waals surface area contributed by atoms with E-state index in [0.29, 0.717) is 32.1 Å². The molecule has 2 saturated heterocycles. The molecule has 2 aliphatic rings. The van der Waals surface area contributed by atoms with Crippen LogP contribution in [0, 0.1) is 11.8 Å². The minimum absolute atomic E-state index is 0.0776. The summed E-state index contributed by atoms with van der Waals surface area (Å²) in [5, 5.41) is 9.26. The van der Waals surface area contributed by atoms with E-state index in [-0.39, 0.29) is 12.5 Å². The number of piperazine rings is 1. The van der Waals surface area contributed by atoms with Crippen molar-refractivity contribution < 1.29 is 13.5 Å². The van der Waals surface area contributed by atoms with Crippen LogP contribution in [0.5, 0.6) is 0 Å². The average molecular weight is 319 g/mol. The van der Waals surface area contributed by atoms with E-state index in [1.807, 2.05) is 0 Å². The van der Waals surface area contributed by atoms with Crippen LogP contribution in [0.3, 0.4) is 0 Å². The molecule has 124 valence electrons. The van der Waals surface area contributed by atoms with Crippen LogP contribution >= 0.6 is 0 Å². The molecule has 0 spiro atoms. The van der Waals surface area contributed by atoms with E-state index in [1.165, 1.54) is 0 Å². The summed E-state index contributed by atoms with van der Waals surface area (Å²) < 4.78 is 28.5. The number of rotatable bonds is 5. The molecule has 0 amide bonds. The number of hydrogen-bond donors (Lipinski definition) is 1. The molecule has 2 rings (SSSR count). The molecule has 0 aromatic rings. The first-order chi connectivity index (χ1) is 9.93. The normalized spacial score (nSPS) is 27.3. The van der Waals surface area contributed by atoms with Gasteiger partial charge in [0.2, 0.25) is 0 Å². The van der Waals surface area contributed by atoms with E-state index in [9.17, 15) is 13.5 Å². The molecule has 2 aliphatic heterocycles. The van der Waals surface area contributed by atoms with Crippen LogP contribution in [0.15, 0.2) is 0 Å². The third kappa shape index (κ3) is 4.39. The predicted molar refractivity (Wildman–Crippen MR) is 83.2 cm³/mol. The van der Waals surface area contributed by atoms with Crippen LogP contribution in [0.4, 0.5) is 0 Å². The van der Waals surface area contributed by atoms with Crippen molar-refractivity contribution in [3.63, 3.8) is 0 Å². The fraction of sp³-hybridized carbons (Fsp3) is 1.00. The molecule has 1 N–H and O–H groups in total. The van der Waals surface area contributed by atoms with E-state index in [2.05, 4.69) is 18.7 Å². The second kappa shape index (κ2) is 7.37. The minimum atomic E-state index is -3.35. The summed E-state index contributed by atoms with van der Waals surface area (Å²) >= 11 is 0. The lowest BCUT2D eigenvalue weighted by molar-refractivity contribution is 0.145. The molecular weight excluding hydrogens is 290 g/mol. The Morgan fingerprint density at radius 1 is 1.10 bits per heavy atom. The number of aliphatic hydroxyl groups excluding tert-OH is 1. The molecule has 1 unspecified atom stereocenters. The maximum atomic E-state index is 12.7. The number of hydrogen-bond acceptors (Lipinski definition) is 4. The smallest absolute Gasteiger partial charge is 0.282 e. The number of piperidine rings is 1. The zero-order chi connectivity index (χ0) is 15.5. The van der Waals surface area contributed by atoms with Crippen LogP contribution in [0.1, 0.15) is 26.7 Å². The van der Waals surface area contributed by atoms with Crippen LogP contribution in [0.25, 0.3) is 0 Å². The summed E-state index contributed by atoms with van der Waals surface area (Å²) in [6.07, 6.45) is 1.77. The van der Waals surface area contributed by atoms with Crippen LogP contribution < -0.4 is 0 Å². The number of nitrogens with zero attached hydrogens (tertiary/aromatic N) is 3. The molecule has 0 saturated carbocycles. The van der Waals surface area contributed by atoms with Gasteiger partial charge in [-0.15, -0.1) is 0 Å². The average Bonchev–Trinajstić information content (AvgIpc) is 2.47. The first kappa shape index (κ1) is 17.1. The number of aliphatic hydroxyl groups is 1. The lowest BCUT2D eigenvalue weighted by Crippen LogP contribution is -2.55.